The van der Waals surface area contributed by atoms with Gasteiger partial charge in [0.05, 0.1) is 5.60 Å². The number of unbranched alkanes of at least 4 members (excludes halogenated alkanes) is 3. The first-order valence-corrected chi connectivity index (χ1v) is 6.41. The number of hydrogen-bond donors (Lipinski definition) is 2. The molecule has 2 nitrogen and oxygen atoms in total. The van der Waals surface area contributed by atoms with Crippen molar-refractivity contribution in [2.75, 3.05) is 0 Å². The predicted molar refractivity (Wildman–Crippen MR) is 68.5 cm³/mol. The van der Waals surface area contributed by atoms with Gasteiger partial charge in [-0.05, 0) is 19.3 Å². The summed E-state index contributed by atoms with van der Waals surface area (Å²) in [7, 11) is 0. The summed E-state index contributed by atoms with van der Waals surface area (Å²) in [5.41, 5.74) is -0.345. The summed E-state index contributed by atoms with van der Waals surface area (Å²) >= 11 is 0. The van der Waals surface area contributed by atoms with E-state index >= 15 is 0 Å². The van der Waals surface area contributed by atoms with Crippen LogP contribution in [0.3, 0.4) is 0 Å². The van der Waals surface area contributed by atoms with Gasteiger partial charge in [0.25, 0.3) is 0 Å². The summed E-state index contributed by atoms with van der Waals surface area (Å²) in [6.07, 6.45) is 10.1. The van der Waals surface area contributed by atoms with E-state index in [0.717, 1.165) is 19.3 Å². The molecule has 0 rings (SSSR count). The van der Waals surface area contributed by atoms with Crippen LogP contribution in [0.1, 0.15) is 78.6 Å². The topological polar surface area (TPSA) is 55.2 Å². The second kappa shape index (κ2) is 10.4. The van der Waals surface area contributed by atoms with Crippen LogP contribution in [0.25, 0.3) is 0 Å². The molecule has 0 fully saturated rings. The zero-order valence-electron chi connectivity index (χ0n) is 11.0. The van der Waals surface area contributed by atoms with Gasteiger partial charge < -0.3 is 11.3 Å². The van der Waals surface area contributed by atoms with Crippen molar-refractivity contribution in [1.29, 1.82) is 0 Å². The van der Waals surface area contributed by atoms with Crippen molar-refractivity contribution in [3.63, 3.8) is 0 Å². The Labute approximate surface area is 96.0 Å². The minimum atomic E-state index is -0.345. The maximum atomic E-state index is 10.4. The van der Waals surface area contributed by atoms with Crippen molar-refractivity contribution < 1.29 is 5.11 Å². The Morgan fingerprint density at radius 3 is 1.20 bits per heavy atom. The molecular weight excluding hydrogens is 186 g/mol. The van der Waals surface area contributed by atoms with Crippen molar-refractivity contribution in [1.82, 2.24) is 6.15 Å². The number of rotatable bonds is 9. The predicted octanol–water partition coefficient (Wildman–Crippen LogP) is 4.45. The summed E-state index contributed by atoms with van der Waals surface area (Å²) in [5.74, 6) is 0. The molecule has 0 bridgehead atoms. The van der Waals surface area contributed by atoms with Crippen LogP contribution in [0.4, 0.5) is 0 Å². The second-order valence-electron chi connectivity index (χ2n) is 4.54. The lowest BCUT2D eigenvalue weighted by Crippen LogP contribution is -2.28. The monoisotopic (exact) mass is 217 g/mol. The molecule has 0 aromatic carbocycles. The highest BCUT2D eigenvalue weighted by Gasteiger charge is 2.24. The lowest BCUT2D eigenvalue weighted by atomic mass is 9.86. The highest BCUT2D eigenvalue weighted by atomic mass is 16.3. The van der Waals surface area contributed by atoms with E-state index in [1.807, 2.05) is 0 Å². The fourth-order valence-electron chi connectivity index (χ4n) is 1.89. The average Bonchev–Trinajstić information content (AvgIpc) is 2.21. The summed E-state index contributed by atoms with van der Waals surface area (Å²) in [4.78, 5) is 0. The van der Waals surface area contributed by atoms with E-state index in [2.05, 4.69) is 20.8 Å². The van der Waals surface area contributed by atoms with Crippen molar-refractivity contribution in [3.05, 3.63) is 0 Å². The van der Waals surface area contributed by atoms with E-state index in [1.54, 1.807) is 0 Å². The highest BCUT2D eigenvalue weighted by Crippen LogP contribution is 2.27. The van der Waals surface area contributed by atoms with Crippen LogP contribution in [-0.4, -0.2) is 10.7 Å². The zero-order chi connectivity index (χ0) is 10.9. The first kappa shape index (κ1) is 17.3. The van der Waals surface area contributed by atoms with E-state index < -0.39 is 0 Å². The Morgan fingerprint density at radius 1 is 0.733 bits per heavy atom. The molecule has 0 spiro atoms. The molecule has 0 aliphatic heterocycles. The fourth-order valence-corrected chi connectivity index (χ4v) is 1.89. The van der Waals surface area contributed by atoms with Gasteiger partial charge in [-0.15, -0.1) is 0 Å². The van der Waals surface area contributed by atoms with Crippen LogP contribution >= 0.6 is 0 Å². The first-order valence-electron chi connectivity index (χ1n) is 6.41. The SMILES string of the molecule is CCCCC(O)(CCCC)CCCC.N. The van der Waals surface area contributed by atoms with E-state index in [1.165, 1.54) is 38.5 Å². The molecule has 0 aromatic rings. The standard InChI is InChI=1S/C13H28O.H3N/c1-4-7-10-13(14,11-8-5-2)12-9-6-3;/h14H,4-12H2,1-3H3;1H3. The highest BCUT2D eigenvalue weighted by molar-refractivity contribution is 4.77. The van der Waals surface area contributed by atoms with Gasteiger partial charge in [-0.1, -0.05) is 59.3 Å². The molecule has 0 aliphatic rings. The largest absolute Gasteiger partial charge is 0.390 e. The van der Waals surface area contributed by atoms with Crippen LogP contribution in [0, 0.1) is 0 Å². The van der Waals surface area contributed by atoms with E-state index in [-0.39, 0.29) is 11.8 Å². The Balaban J connectivity index is 0. The average molecular weight is 217 g/mol. The summed E-state index contributed by atoms with van der Waals surface area (Å²) in [6.45, 7) is 6.58. The minimum absolute atomic E-state index is 0. The number of hydrogen-bond acceptors (Lipinski definition) is 2. The van der Waals surface area contributed by atoms with Gasteiger partial charge in [0.2, 0.25) is 0 Å². The van der Waals surface area contributed by atoms with Crippen molar-refractivity contribution in [3.8, 4) is 0 Å². The maximum Gasteiger partial charge on any atom is 0.0647 e. The molecule has 0 saturated carbocycles. The third kappa shape index (κ3) is 8.88. The lowest BCUT2D eigenvalue weighted by molar-refractivity contribution is 0.00830. The van der Waals surface area contributed by atoms with Gasteiger partial charge in [0, 0.05) is 0 Å². The molecule has 0 amide bonds. The Bertz CT molecular complexity index is 104. The second-order valence-corrected chi connectivity index (χ2v) is 4.54. The normalized spacial score (nSPS) is 11.2. The summed E-state index contributed by atoms with van der Waals surface area (Å²) in [6, 6.07) is 0. The van der Waals surface area contributed by atoms with Gasteiger partial charge >= 0.3 is 0 Å². The molecule has 0 atom stereocenters. The fraction of sp³-hybridized carbons (Fsp3) is 1.00. The van der Waals surface area contributed by atoms with Crippen LogP contribution in [-0.2, 0) is 0 Å². The first-order chi connectivity index (χ1) is 6.68. The smallest absolute Gasteiger partial charge is 0.0647 e. The van der Waals surface area contributed by atoms with Gasteiger partial charge in [-0.25, -0.2) is 0 Å². The van der Waals surface area contributed by atoms with Gasteiger partial charge in [-0.3, -0.25) is 0 Å². The molecule has 15 heavy (non-hydrogen) atoms. The minimum Gasteiger partial charge on any atom is -0.390 e. The van der Waals surface area contributed by atoms with Crippen molar-refractivity contribution in [2.24, 2.45) is 0 Å². The van der Waals surface area contributed by atoms with Crippen molar-refractivity contribution >= 4 is 0 Å². The summed E-state index contributed by atoms with van der Waals surface area (Å²) < 4.78 is 0. The molecule has 4 N–H and O–H groups in total. The molecule has 0 aromatic heterocycles. The molecule has 0 radical (unpaired) electrons. The van der Waals surface area contributed by atoms with E-state index in [9.17, 15) is 5.11 Å². The Hall–Kier alpha value is -0.0800. The lowest BCUT2D eigenvalue weighted by Gasteiger charge is -2.28. The van der Waals surface area contributed by atoms with Crippen LogP contribution in [0.5, 0.6) is 0 Å². The molecule has 94 valence electrons. The molecule has 0 saturated heterocycles. The van der Waals surface area contributed by atoms with Crippen LogP contribution in [0.2, 0.25) is 0 Å². The van der Waals surface area contributed by atoms with Crippen LogP contribution in [0.15, 0.2) is 0 Å². The van der Waals surface area contributed by atoms with Gasteiger partial charge in [0.15, 0.2) is 0 Å². The van der Waals surface area contributed by atoms with E-state index in [4.69, 9.17) is 0 Å². The van der Waals surface area contributed by atoms with E-state index in [0.29, 0.717) is 0 Å². The van der Waals surface area contributed by atoms with Crippen LogP contribution < -0.4 is 6.15 Å². The molecule has 2 heteroatoms. The Kier molecular flexibility index (Phi) is 12.1. The molecule has 0 heterocycles. The zero-order valence-corrected chi connectivity index (χ0v) is 11.0. The molecular formula is C13H31NO. The third-order valence-corrected chi connectivity index (χ3v) is 2.99. The van der Waals surface area contributed by atoms with Gasteiger partial charge in [0.1, 0.15) is 0 Å². The van der Waals surface area contributed by atoms with Gasteiger partial charge in [-0.2, -0.15) is 0 Å². The molecule has 0 aliphatic carbocycles. The number of aliphatic hydroxyl groups is 1. The maximum absolute atomic E-state index is 10.4. The molecule has 0 unspecified atom stereocenters. The Morgan fingerprint density at radius 2 is 1.00 bits per heavy atom. The van der Waals surface area contributed by atoms with Crippen molar-refractivity contribution in [2.45, 2.75) is 84.2 Å². The third-order valence-electron chi connectivity index (χ3n) is 2.99. The summed E-state index contributed by atoms with van der Waals surface area (Å²) in [5, 5.41) is 10.4. The quantitative estimate of drug-likeness (QED) is 0.599.